The molecule has 0 aliphatic carbocycles. The van der Waals surface area contributed by atoms with Crippen molar-refractivity contribution in [2.24, 2.45) is 0 Å². The molecule has 2 aromatic carbocycles. The van der Waals surface area contributed by atoms with E-state index in [9.17, 15) is 9.59 Å². The molecule has 0 unspecified atom stereocenters. The number of ether oxygens (including phenoxy) is 3. The Hall–Kier alpha value is -3.32. The summed E-state index contributed by atoms with van der Waals surface area (Å²) in [5.41, 5.74) is 2.94. The average molecular weight is 454 g/mol. The first-order chi connectivity index (χ1) is 15.5. The molecule has 3 aromatic rings. The van der Waals surface area contributed by atoms with Gasteiger partial charge in [-0.15, -0.1) is 11.3 Å². The summed E-state index contributed by atoms with van der Waals surface area (Å²) in [6.07, 6.45) is 0.934. The van der Waals surface area contributed by atoms with Crippen molar-refractivity contribution in [2.75, 3.05) is 26.1 Å². The van der Waals surface area contributed by atoms with Gasteiger partial charge >= 0.3 is 5.97 Å². The van der Waals surface area contributed by atoms with Crippen LogP contribution >= 0.6 is 11.3 Å². The molecule has 7 heteroatoms. The van der Waals surface area contributed by atoms with Gasteiger partial charge in [-0.05, 0) is 43.5 Å². The number of nitrogens with one attached hydrogen (secondary N) is 1. The van der Waals surface area contributed by atoms with Crippen LogP contribution in [0.4, 0.5) is 5.00 Å². The number of carbonyl (C=O) groups is 2. The van der Waals surface area contributed by atoms with E-state index in [1.165, 1.54) is 11.3 Å². The first-order valence-corrected chi connectivity index (χ1v) is 11.2. The molecule has 0 aliphatic rings. The fraction of sp³-hybridized carbons (Fsp3) is 0.280. The zero-order valence-electron chi connectivity index (χ0n) is 18.7. The number of aryl methyl sites for hydroxylation is 2. The quantitative estimate of drug-likeness (QED) is 0.434. The van der Waals surface area contributed by atoms with Gasteiger partial charge in [0.1, 0.15) is 10.6 Å². The molecule has 0 atom stereocenters. The molecule has 1 heterocycles. The molecule has 32 heavy (non-hydrogen) atoms. The van der Waals surface area contributed by atoms with E-state index in [1.54, 1.807) is 27.2 Å². The number of esters is 1. The van der Waals surface area contributed by atoms with Gasteiger partial charge in [-0.1, -0.05) is 36.4 Å². The van der Waals surface area contributed by atoms with Gasteiger partial charge in [0.2, 0.25) is 5.91 Å². The number of hydrogen-bond acceptors (Lipinski definition) is 6. The molecule has 1 amide bonds. The van der Waals surface area contributed by atoms with Crippen molar-refractivity contribution in [3.05, 3.63) is 64.5 Å². The molecule has 0 saturated heterocycles. The van der Waals surface area contributed by atoms with E-state index in [0.29, 0.717) is 40.5 Å². The molecule has 3 rings (SSSR count). The van der Waals surface area contributed by atoms with E-state index in [2.05, 4.69) is 5.32 Å². The molecule has 1 N–H and O–H groups in total. The van der Waals surface area contributed by atoms with Gasteiger partial charge in [-0.2, -0.15) is 0 Å². The number of methoxy groups -OCH3 is 2. The highest BCUT2D eigenvalue weighted by Crippen LogP contribution is 2.42. The number of benzene rings is 2. The SMILES string of the molecule is CCOC(=O)c1c(NC(=O)CCc2ccccc2)sc(C)c1-c1ccc(OC)c(OC)c1. The van der Waals surface area contributed by atoms with E-state index in [1.807, 2.05) is 49.4 Å². The van der Waals surface area contributed by atoms with Gasteiger partial charge in [-0.3, -0.25) is 4.79 Å². The Kier molecular flexibility index (Phi) is 7.89. The third-order valence-electron chi connectivity index (χ3n) is 4.97. The van der Waals surface area contributed by atoms with Crippen LogP contribution in [0.15, 0.2) is 48.5 Å². The molecule has 0 bridgehead atoms. The van der Waals surface area contributed by atoms with Crippen molar-refractivity contribution < 1.29 is 23.8 Å². The van der Waals surface area contributed by atoms with E-state index in [-0.39, 0.29) is 12.5 Å². The van der Waals surface area contributed by atoms with Crippen molar-refractivity contribution in [2.45, 2.75) is 26.7 Å². The van der Waals surface area contributed by atoms with Gasteiger partial charge in [0.25, 0.3) is 0 Å². The second-order valence-corrected chi connectivity index (χ2v) is 8.29. The molecule has 1 aromatic heterocycles. The van der Waals surface area contributed by atoms with Crippen LogP contribution in [0, 0.1) is 6.92 Å². The Morgan fingerprint density at radius 2 is 1.72 bits per heavy atom. The maximum Gasteiger partial charge on any atom is 0.341 e. The summed E-state index contributed by atoms with van der Waals surface area (Å²) < 4.78 is 16.1. The van der Waals surface area contributed by atoms with Gasteiger partial charge in [-0.25, -0.2) is 4.79 Å². The summed E-state index contributed by atoms with van der Waals surface area (Å²) >= 11 is 1.36. The maximum atomic E-state index is 12.9. The van der Waals surface area contributed by atoms with E-state index >= 15 is 0 Å². The van der Waals surface area contributed by atoms with Crippen molar-refractivity contribution in [3.63, 3.8) is 0 Å². The molecule has 0 saturated carbocycles. The minimum Gasteiger partial charge on any atom is -0.493 e. The number of anilines is 1. The molecule has 0 aliphatic heterocycles. The fourth-order valence-electron chi connectivity index (χ4n) is 3.46. The van der Waals surface area contributed by atoms with E-state index < -0.39 is 5.97 Å². The van der Waals surface area contributed by atoms with Crippen molar-refractivity contribution in [3.8, 4) is 22.6 Å². The van der Waals surface area contributed by atoms with Gasteiger partial charge in [0.05, 0.1) is 20.8 Å². The topological polar surface area (TPSA) is 73.9 Å². The number of amides is 1. The summed E-state index contributed by atoms with van der Waals surface area (Å²) in [6, 6.07) is 15.3. The predicted octanol–water partition coefficient (Wildman–Crippen LogP) is 5.49. The Morgan fingerprint density at radius 3 is 2.38 bits per heavy atom. The minimum atomic E-state index is -0.472. The maximum absolute atomic E-state index is 12.9. The number of rotatable bonds is 9. The van der Waals surface area contributed by atoms with E-state index in [4.69, 9.17) is 14.2 Å². The zero-order valence-corrected chi connectivity index (χ0v) is 19.5. The second-order valence-electron chi connectivity index (χ2n) is 7.06. The Balaban J connectivity index is 1.93. The smallest absolute Gasteiger partial charge is 0.341 e. The van der Waals surface area contributed by atoms with Crippen LogP contribution in [0.2, 0.25) is 0 Å². The van der Waals surface area contributed by atoms with Gasteiger partial charge in [0.15, 0.2) is 11.5 Å². The van der Waals surface area contributed by atoms with Crippen LogP contribution in [0.1, 0.15) is 34.1 Å². The monoisotopic (exact) mass is 453 g/mol. The molecule has 168 valence electrons. The number of carbonyl (C=O) groups excluding carboxylic acids is 2. The third-order valence-corrected chi connectivity index (χ3v) is 5.99. The van der Waals surface area contributed by atoms with Gasteiger partial charge in [0, 0.05) is 16.9 Å². The highest BCUT2D eigenvalue weighted by atomic mass is 32.1. The standard InChI is InChI=1S/C25H27NO5S/c1-5-31-25(28)23-22(18-12-13-19(29-3)20(15-18)30-4)16(2)32-24(23)26-21(27)14-11-17-9-7-6-8-10-17/h6-10,12-13,15H,5,11,14H2,1-4H3,(H,26,27). The van der Waals surface area contributed by atoms with Crippen LogP contribution in [-0.4, -0.2) is 32.7 Å². The summed E-state index contributed by atoms with van der Waals surface area (Å²) in [4.78, 5) is 26.4. The first-order valence-electron chi connectivity index (χ1n) is 10.3. The molecule has 0 spiro atoms. The third kappa shape index (κ3) is 5.29. The zero-order chi connectivity index (χ0) is 23.1. The van der Waals surface area contributed by atoms with Crippen LogP contribution in [0.25, 0.3) is 11.1 Å². The number of hydrogen-bond donors (Lipinski definition) is 1. The van der Waals surface area contributed by atoms with Crippen LogP contribution < -0.4 is 14.8 Å². The van der Waals surface area contributed by atoms with Crippen LogP contribution in [0.3, 0.4) is 0 Å². The highest BCUT2D eigenvalue weighted by molar-refractivity contribution is 7.17. The first kappa shape index (κ1) is 23.3. The van der Waals surface area contributed by atoms with Crippen molar-refractivity contribution in [1.29, 1.82) is 0 Å². The normalized spacial score (nSPS) is 10.5. The van der Waals surface area contributed by atoms with Crippen molar-refractivity contribution in [1.82, 2.24) is 0 Å². The Morgan fingerprint density at radius 1 is 1.00 bits per heavy atom. The van der Waals surface area contributed by atoms with Crippen LogP contribution in [0.5, 0.6) is 11.5 Å². The summed E-state index contributed by atoms with van der Waals surface area (Å²) in [6.45, 7) is 3.91. The van der Waals surface area contributed by atoms with E-state index in [0.717, 1.165) is 16.0 Å². The second kappa shape index (κ2) is 10.8. The Bertz CT molecular complexity index is 1090. The minimum absolute atomic E-state index is 0.153. The highest BCUT2D eigenvalue weighted by Gasteiger charge is 2.26. The fourth-order valence-corrected chi connectivity index (χ4v) is 4.54. The summed E-state index contributed by atoms with van der Waals surface area (Å²) in [5, 5.41) is 3.41. The van der Waals surface area contributed by atoms with Gasteiger partial charge < -0.3 is 19.5 Å². The summed E-state index contributed by atoms with van der Waals surface area (Å²) in [5.74, 6) is 0.523. The lowest BCUT2D eigenvalue weighted by molar-refractivity contribution is -0.116. The largest absolute Gasteiger partial charge is 0.493 e. The lowest BCUT2D eigenvalue weighted by atomic mass is 10.0. The van der Waals surface area contributed by atoms with Crippen molar-refractivity contribution >= 4 is 28.2 Å². The number of thiophene rings is 1. The Labute approximate surface area is 192 Å². The van der Waals surface area contributed by atoms with Crippen LogP contribution in [-0.2, 0) is 16.0 Å². The molecule has 0 fully saturated rings. The molecular weight excluding hydrogens is 426 g/mol. The summed E-state index contributed by atoms with van der Waals surface area (Å²) in [7, 11) is 3.13. The predicted molar refractivity (Wildman–Crippen MR) is 127 cm³/mol. The molecule has 6 nitrogen and oxygen atoms in total. The molecule has 0 radical (unpaired) electrons. The lowest BCUT2D eigenvalue weighted by Crippen LogP contribution is -2.15. The average Bonchev–Trinajstić information content (AvgIpc) is 3.13. The molecular formula is C25H27NO5S. The lowest BCUT2D eigenvalue weighted by Gasteiger charge is -2.12.